The third-order valence-electron chi connectivity index (χ3n) is 3.09. The van der Waals surface area contributed by atoms with Crippen LogP contribution in [0.2, 0.25) is 10.0 Å². The van der Waals surface area contributed by atoms with Crippen molar-refractivity contribution in [3.63, 3.8) is 0 Å². The Morgan fingerprint density at radius 3 is 2.73 bits per heavy atom. The molecule has 0 fully saturated rings. The summed E-state index contributed by atoms with van der Waals surface area (Å²) >= 11 is 12.1. The number of hydrogen-bond acceptors (Lipinski definition) is 4. The second-order valence-electron chi connectivity index (χ2n) is 5.20. The van der Waals surface area contributed by atoms with Crippen LogP contribution in [0.4, 0.5) is 0 Å². The molecule has 1 aromatic rings. The SMILES string of the molecule is Cc1cc(OCC2=NNC(=O)/C2=C/CN(C)C)c(Cl)cc1Cl. The summed E-state index contributed by atoms with van der Waals surface area (Å²) in [5.74, 6) is 0.288. The first-order valence-electron chi connectivity index (χ1n) is 6.69. The lowest BCUT2D eigenvalue weighted by Gasteiger charge is -2.10. The van der Waals surface area contributed by atoms with Gasteiger partial charge in [0.25, 0.3) is 5.91 Å². The largest absolute Gasteiger partial charge is 0.486 e. The zero-order valence-electron chi connectivity index (χ0n) is 12.6. The quantitative estimate of drug-likeness (QED) is 0.837. The molecule has 0 spiro atoms. The number of nitrogens with zero attached hydrogens (tertiary/aromatic N) is 2. The van der Waals surface area contributed by atoms with Crippen LogP contribution in [0.3, 0.4) is 0 Å². The zero-order chi connectivity index (χ0) is 16.3. The van der Waals surface area contributed by atoms with Crippen molar-refractivity contribution >= 4 is 34.8 Å². The van der Waals surface area contributed by atoms with Gasteiger partial charge in [0.2, 0.25) is 0 Å². The average Bonchev–Trinajstić information content (AvgIpc) is 2.79. The van der Waals surface area contributed by atoms with Gasteiger partial charge in [0, 0.05) is 11.6 Å². The van der Waals surface area contributed by atoms with E-state index in [4.69, 9.17) is 27.9 Å². The number of likely N-dealkylation sites (N-methyl/N-ethyl adjacent to an activating group) is 1. The minimum Gasteiger partial charge on any atom is -0.486 e. The number of carbonyl (C=O) groups excluding carboxylic acids is 1. The molecular formula is C15H17Cl2N3O2. The first-order chi connectivity index (χ1) is 10.4. The summed E-state index contributed by atoms with van der Waals surface area (Å²) in [5, 5.41) is 5.00. The monoisotopic (exact) mass is 341 g/mol. The van der Waals surface area contributed by atoms with Gasteiger partial charge in [-0.05, 0) is 38.7 Å². The molecule has 1 N–H and O–H groups in total. The summed E-state index contributed by atoms with van der Waals surface area (Å²) < 4.78 is 5.67. The molecule has 0 saturated heterocycles. The van der Waals surface area contributed by atoms with Crippen molar-refractivity contribution in [3.05, 3.63) is 39.4 Å². The fraction of sp³-hybridized carbons (Fsp3) is 0.333. The van der Waals surface area contributed by atoms with Crippen LogP contribution in [0.15, 0.2) is 28.9 Å². The number of carbonyl (C=O) groups is 1. The Balaban J connectivity index is 2.09. The van der Waals surface area contributed by atoms with Gasteiger partial charge < -0.3 is 9.64 Å². The molecule has 1 heterocycles. The smallest absolute Gasteiger partial charge is 0.273 e. The van der Waals surface area contributed by atoms with Crippen molar-refractivity contribution < 1.29 is 9.53 Å². The molecule has 0 radical (unpaired) electrons. The molecule has 1 aliphatic heterocycles. The van der Waals surface area contributed by atoms with Gasteiger partial charge in [0.1, 0.15) is 18.1 Å². The minimum atomic E-state index is -0.223. The molecule has 5 nitrogen and oxygen atoms in total. The molecule has 1 aromatic carbocycles. The standard InChI is InChI=1S/C15H17Cl2N3O2/c1-9-6-14(12(17)7-11(9)16)22-8-13-10(4-5-20(2)3)15(21)19-18-13/h4,6-7H,5,8H2,1-3H3,(H,19,21)/b10-4+. The Morgan fingerprint density at radius 1 is 1.32 bits per heavy atom. The van der Waals surface area contributed by atoms with Gasteiger partial charge in [-0.25, -0.2) is 5.43 Å². The number of amides is 1. The second-order valence-corrected chi connectivity index (χ2v) is 6.01. The first kappa shape index (κ1) is 16.8. The van der Waals surface area contributed by atoms with Gasteiger partial charge in [-0.1, -0.05) is 29.3 Å². The van der Waals surface area contributed by atoms with Gasteiger partial charge in [-0.2, -0.15) is 5.10 Å². The maximum atomic E-state index is 11.8. The average molecular weight is 342 g/mol. The van der Waals surface area contributed by atoms with Gasteiger partial charge >= 0.3 is 0 Å². The predicted molar refractivity (Wildman–Crippen MR) is 88.9 cm³/mol. The van der Waals surface area contributed by atoms with Crippen LogP contribution in [0.5, 0.6) is 5.75 Å². The number of hydrogen-bond donors (Lipinski definition) is 1. The molecule has 0 saturated carbocycles. The number of benzene rings is 1. The predicted octanol–water partition coefficient (Wildman–Crippen LogP) is 2.65. The van der Waals surface area contributed by atoms with Crippen LogP contribution < -0.4 is 10.2 Å². The van der Waals surface area contributed by atoms with E-state index in [1.807, 2.05) is 32.0 Å². The number of aryl methyl sites for hydroxylation is 1. The summed E-state index contributed by atoms with van der Waals surface area (Å²) in [5.41, 5.74) is 4.39. The Hall–Kier alpha value is -1.56. The van der Waals surface area contributed by atoms with E-state index in [9.17, 15) is 4.79 Å². The molecule has 7 heteroatoms. The fourth-order valence-electron chi connectivity index (χ4n) is 1.85. The molecule has 0 bridgehead atoms. The molecular weight excluding hydrogens is 325 g/mol. The van der Waals surface area contributed by atoms with E-state index in [1.165, 1.54) is 0 Å². The van der Waals surface area contributed by atoms with E-state index >= 15 is 0 Å². The van der Waals surface area contributed by atoms with Gasteiger partial charge in [-0.3, -0.25) is 4.79 Å². The topological polar surface area (TPSA) is 53.9 Å². The van der Waals surface area contributed by atoms with Crippen molar-refractivity contribution in [2.75, 3.05) is 27.2 Å². The number of halogens is 2. The Bertz CT molecular complexity index is 654. The van der Waals surface area contributed by atoms with Crippen LogP contribution in [0.25, 0.3) is 0 Å². The molecule has 118 valence electrons. The Kier molecular flexibility index (Phi) is 5.45. The Labute approximate surface area is 139 Å². The third kappa shape index (κ3) is 4.00. The third-order valence-corrected chi connectivity index (χ3v) is 3.79. The van der Waals surface area contributed by atoms with E-state index in [1.54, 1.807) is 12.1 Å². The lowest BCUT2D eigenvalue weighted by molar-refractivity contribution is -0.116. The summed E-state index contributed by atoms with van der Waals surface area (Å²) in [6.07, 6.45) is 1.82. The molecule has 0 atom stereocenters. The highest BCUT2D eigenvalue weighted by Gasteiger charge is 2.23. The van der Waals surface area contributed by atoms with Crippen molar-refractivity contribution in [3.8, 4) is 5.75 Å². The minimum absolute atomic E-state index is 0.152. The second kappa shape index (κ2) is 7.13. The normalized spacial score (nSPS) is 16.2. The molecule has 1 aliphatic rings. The van der Waals surface area contributed by atoms with Crippen LogP contribution in [-0.4, -0.2) is 43.8 Å². The van der Waals surface area contributed by atoms with Crippen LogP contribution in [-0.2, 0) is 4.79 Å². The maximum Gasteiger partial charge on any atom is 0.273 e. The van der Waals surface area contributed by atoms with Crippen molar-refractivity contribution in [1.82, 2.24) is 10.3 Å². The zero-order valence-corrected chi connectivity index (χ0v) is 14.1. The summed E-state index contributed by atoms with van der Waals surface area (Å²) in [4.78, 5) is 13.7. The maximum absolute atomic E-state index is 11.8. The number of nitrogens with one attached hydrogen (secondary N) is 1. The van der Waals surface area contributed by atoms with E-state index in [0.29, 0.717) is 33.6 Å². The van der Waals surface area contributed by atoms with Gasteiger partial charge in [-0.15, -0.1) is 0 Å². The van der Waals surface area contributed by atoms with Crippen LogP contribution in [0.1, 0.15) is 5.56 Å². The molecule has 0 aliphatic carbocycles. The summed E-state index contributed by atoms with van der Waals surface area (Å²) in [6.45, 7) is 2.66. The highest BCUT2D eigenvalue weighted by atomic mass is 35.5. The number of rotatable bonds is 5. The number of ether oxygens (including phenoxy) is 1. The van der Waals surface area contributed by atoms with Crippen LogP contribution >= 0.6 is 23.2 Å². The summed E-state index contributed by atoms with van der Waals surface area (Å²) in [6, 6.07) is 3.40. The van der Waals surface area contributed by atoms with E-state index < -0.39 is 0 Å². The molecule has 0 aromatic heterocycles. The van der Waals surface area contributed by atoms with Gasteiger partial charge in [0.15, 0.2) is 0 Å². The van der Waals surface area contributed by atoms with E-state index in [2.05, 4.69) is 10.5 Å². The van der Waals surface area contributed by atoms with E-state index in [-0.39, 0.29) is 12.5 Å². The van der Waals surface area contributed by atoms with Crippen molar-refractivity contribution in [2.45, 2.75) is 6.92 Å². The van der Waals surface area contributed by atoms with Crippen molar-refractivity contribution in [1.29, 1.82) is 0 Å². The lowest BCUT2D eigenvalue weighted by atomic mass is 10.1. The van der Waals surface area contributed by atoms with Crippen LogP contribution in [0, 0.1) is 6.92 Å². The molecule has 1 amide bonds. The fourth-order valence-corrected chi connectivity index (χ4v) is 2.29. The highest BCUT2D eigenvalue weighted by Crippen LogP contribution is 2.30. The number of hydrazone groups is 1. The molecule has 2 rings (SSSR count). The highest BCUT2D eigenvalue weighted by molar-refractivity contribution is 6.36. The lowest BCUT2D eigenvalue weighted by Crippen LogP contribution is -2.19. The Morgan fingerprint density at radius 2 is 2.05 bits per heavy atom. The molecule has 22 heavy (non-hydrogen) atoms. The van der Waals surface area contributed by atoms with Gasteiger partial charge in [0.05, 0.1) is 10.6 Å². The van der Waals surface area contributed by atoms with E-state index in [0.717, 1.165) is 5.56 Å². The molecule has 0 unspecified atom stereocenters. The van der Waals surface area contributed by atoms with Crippen molar-refractivity contribution in [2.24, 2.45) is 5.10 Å². The first-order valence-corrected chi connectivity index (χ1v) is 7.44. The summed E-state index contributed by atoms with van der Waals surface area (Å²) in [7, 11) is 3.85.